The molecule has 15 heteroatoms. The molecule has 1 unspecified atom stereocenters. The van der Waals surface area contributed by atoms with Crippen LogP contribution in [0.4, 0.5) is 0 Å². The average molecular weight is 524 g/mol. The molecular weight excluding hydrogens is 497 g/mol. The third-order valence-electron chi connectivity index (χ3n) is 2.94. The summed E-state index contributed by atoms with van der Waals surface area (Å²) < 4.78 is 25.0. The van der Waals surface area contributed by atoms with Crippen LogP contribution in [-0.2, 0) is 30.2 Å². The Morgan fingerprint density at radius 3 is 1.93 bits per heavy atom. The van der Waals surface area contributed by atoms with Gasteiger partial charge in [0.15, 0.2) is 0 Å². The first-order valence-corrected chi connectivity index (χ1v) is 14.8. The zero-order valence-electron chi connectivity index (χ0n) is 16.1. The van der Waals surface area contributed by atoms with Crippen molar-refractivity contribution >= 4 is 77.2 Å². The van der Waals surface area contributed by atoms with Crippen LogP contribution in [0.15, 0.2) is 0 Å². The van der Waals surface area contributed by atoms with E-state index in [1.54, 1.807) is 42.0 Å². The number of rotatable bonds is 12. The predicted octanol–water partition coefficient (Wildman–Crippen LogP) is 3.65. The molecule has 0 radical (unpaired) electrons. The van der Waals surface area contributed by atoms with Gasteiger partial charge in [-0.25, -0.2) is 14.4 Å². The number of alkyl halides is 3. The summed E-state index contributed by atoms with van der Waals surface area (Å²) in [6.07, 6.45) is -1.21. The molecule has 0 aromatic carbocycles. The zero-order valence-corrected chi connectivity index (χ0v) is 21.8. The van der Waals surface area contributed by atoms with Gasteiger partial charge >= 0.3 is 0 Å². The smallest absolute Gasteiger partial charge is 0.285 e. The van der Waals surface area contributed by atoms with E-state index in [9.17, 15) is 9.36 Å². The van der Waals surface area contributed by atoms with Crippen molar-refractivity contribution in [1.29, 1.82) is 0 Å². The number of hydrogen-bond donors (Lipinski definition) is 2. The van der Waals surface area contributed by atoms with E-state index in [0.717, 1.165) is 11.4 Å². The molecule has 0 bridgehead atoms. The molecular formula is C12H27Cl3N4O4P2S2. The fourth-order valence-electron chi connectivity index (χ4n) is 1.71. The van der Waals surface area contributed by atoms with E-state index in [1.807, 2.05) is 0 Å². The van der Waals surface area contributed by atoms with Gasteiger partial charge in [0.1, 0.15) is 6.17 Å². The summed E-state index contributed by atoms with van der Waals surface area (Å²) in [4.78, 5) is 12.4. The topological polar surface area (TPSA) is 83.1 Å². The Morgan fingerprint density at radius 1 is 1.15 bits per heavy atom. The summed E-state index contributed by atoms with van der Waals surface area (Å²) in [5.74, 6) is -0.536. The predicted molar refractivity (Wildman–Crippen MR) is 120 cm³/mol. The summed E-state index contributed by atoms with van der Waals surface area (Å²) in [5.41, 5.74) is -2.63. The second kappa shape index (κ2) is 12.3. The normalized spacial score (nSPS) is 14.6. The van der Waals surface area contributed by atoms with Gasteiger partial charge in [-0.2, -0.15) is 0 Å². The first-order chi connectivity index (χ1) is 12.2. The highest BCUT2D eigenvalue weighted by atomic mass is 35.6. The molecule has 8 nitrogen and oxygen atoms in total. The monoisotopic (exact) mass is 522 g/mol. The minimum atomic E-state index is -3.27. The molecule has 27 heavy (non-hydrogen) atoms. The van der Waals surface area contributed by atoms with Crippen molar-refractivity contribution in [3.05, 3.63) is 0 Å². The van der Waals surface area contributed by atoms with Crippen LogP contribution in [0.2, 0.25) is 0 Å². The summed E-state index contributed by atoms with van der Waals surface area (Å²) in [7, 11) is 3.18. The lowest BCUT2D eigenvalue weighted by Gasteiger charge is -2.36. The lowest BCUT2D eigenvalue weighted by molar-refractivity contribution is -0.119. The standard InChI is InChI=1S/C12H27Cl3N4O4P2S2/c1-7-22-25(26,23-8-2)27-9-10(20)16-11(12(13,14)15)17-24(21,18(3)4)19(5)6/h11H,7-9H2,1-6H3,(H,16,20)(H,17,21). The Labute approximate surface area is 185 Å². The maximum atomic E-state index is 13.1. The maximum absolute atomic E-state index is 13.1. The van der Waals surface area contributed by atoms with Crippen LogP contribution in [0, 0.1) is 0 Å². The van der Waals surface area contributed by atoms with Gasteiger partial charge < -0.3 is 14.4 Å². The van der Waals surface area contributed by atoms with Crippen molar-refractivity contribution in [2.24, 2.45) is 0 Å². The Balaban J connectivity index is 5.19. The van der Waals surface area contributed by atoms with Gasteiger partial charge in [-0.3, -0.25) is 9.36 Å². The van der Waals surface area contributed by atoms with Crippen molar-refractivity contribution in [3.8, 4) is 0 Å². The molecule has 1 amide bonds. The van der Waals surface area contributed by atoms with E-state index < -0.39 is 29.2 Å². The molecule has 0 rings (SSSR count). The van der Waals surface area contributed by atoms with Gasteiger partial charge in [0, 0.05) is 0 Å². The molecule has 0 fully saturated rings. The van der Waals surface area contributed by atoms with Crippen molar-refractivity contribution in [2.75, 3.05) is 47.2 Å². The van der Waals surface area contributed by atoms with E-state index in [-0.39, 0.29) is 5.75 Å². The third-order valence-corrected chi connectivity index (χ3v) is 11.8. The molecule has 0 saturated heterocycles. The third kappa shape index (κ3) is 9.81. The molecule has 0 aromatic heterocycles. The van der Waals surface area contributed by atoms with E-state index in [2.05, 4.69) is 10.4 Å². The SMILES string of the molecule is CCOP(=S)(OCC)SCC(=O)NC(NP(=O)(N(C)C)N(C)C)C(Cl)(Cl)Cl. The van der Waals surface area contributed by atoms with Crippen LogP contribution < -0.4 is 10.4 Å². The quantitative estimate of drug-likeness (QED) is 0.226. The highest BCUT2D eigenvalue weighted by molar-refractivity contribution is 8.68. The number of halogens is 3. The number of hydrogen-bond acceptors (Lipinski definition) is 6. The molecule has 0 aliphatic carbocycles. The molecule has 0 aliphatic heterocycles. The lowest BCUT2D eigenvalue weighted by Crippen LogP contribution is -2.54. The fourth-order valence-corrected chi connectivity index (χ4v) is 8.27. The molecule has 0 spiro atoms. The minimum Gasteiger partial charge on any atom is -0.336 e. The number of carbonyl (C=O) groups is 1. The minimum absolute atomic E-state index is 0.0650. The first kappa shape index (κ1) is 28.4. The molecule has 1 atom stereocenters. The lowest BCUT2D eigenvalue weighted by atomic mass is 10.5. The summed E-state index contributed by atoms with van der Waals surface area (Å²) in [6, 6.07) is 0. The first-order valence-electron chi connectivity index (χ1n) is 7.85. The van der Waals surface area contributed by atoms with Gasteiger partial charge in [-0.15, -0.1) is 0 Å². The van der Waals surface area contributed by atoms with Crippen LogP contribution in [0.3, 0.4) is 0 Å². The van der Waals surface area contributed by atoms with E-state index in [1.165, 1.54) is 9.34 Å². The van der Waals surface area contributed by atoms with Crippen molar-refractivity contribution in [2.45, 2.75) is 23.8 Å². The largest absolute Gasteiger partial charge is 0.336 e. The zero-order chi connectivity index (χ0) is 21.5. The Morgan fingerprint density at radius 2 is 1.59 bits per heavy atom. The maximum Gasteiger partial charge on any atom is 0.285 e. The molecule has 0 aliphatic rings. The Hall–Kier alpha value is 1.37. The van der Waals surface area contributed by atoms with E-state index in [4.69, 9.17) is 55.7 Å². The van der Waals surface area contributed by atoms with Gasteiger partial charge in [0.25, 0.3) is 7.59 Å². The van der Waals surface area contributed by atoms with E-state index >= 15 is 0 Å². The Kier molecular flexibility index (Phi) is 12.9. The number of amides is 1. The van der Waals surface area contributed by atoms with Gasteiger partial charge in [-0.05, 0) is 53.8 Å². The van der Waals surface area contributed by atoms with Crippen molar-refractivity contribution in [3.63, 3.8) is 0 Å². The number of carbonyl (C=O) groups excluding carboxylic acids is 1. The summed E-state index contributed by atoms with van der Waals surface area (Å²) in [6.45, 7) is 4.34. The highest BCUT2D eigenvalue weighted by Gasteiger charge is 2.41. The Bertz CT molecular complexity index is 559. The van der Waals surface area contributed by atoms with Crippen LogP contribution in [0.25, 0.3) is 0 Å². The average Bonchev–Trinajstić information content (AvgIpc) is 2.51. The second-order valence-electron chi connectivity index (χ2n) is 5.47. The van der Waals surface area contributed by atoms with Gasteiger partial charge in [0.05, 0.1) is 19.0 Å². The molecule has 162 valence electrons. The van der Waals surface area contributed by atoms with Crippen LogP contribution >= 0.6 is 59.5 Å². The molecule has 2 N–H and O–H groups in total. The summed E-state index contributed by atoms with van der Waals surface area (Å²) in [5, 5.41) is 5.29. The number of nitrogens with zero attached hydrogens (tertiary/aromatic N) is 2. The van der Waals surface area contributed by atoms with Crippen LogP contribution in [0.1, 0.15) is 13.8 Å². The van der Waals surface area contributed by atoms with Crippen LogP contribution in [-0.4, -0.2) is 72.4 Å². The fraction of sp³-hybridized carbons (Fsp3) is 0.917. The number of nitrogens with one attached hydrogen (secondary N) is 2. The summed E-state index contributed by atoms with van der Waals surface area (Å²) >= 11 is 24.4. The van der Waals surface area contributed by atoms with Crippen molar-refractivity contribution in [1.82, 2.24) is 19.7 Å². The molecule has 0 heterocycles. The van der Waals surface area contributed by atoms with Gasteiger partial charge in [0.2, 0.25) is 15.4 Å². The van der Waals surface area contributed by atoms with Crippen molar-refractivity contribution < 1.29 is 18.4 Å². The van der Waals surface area contributed by atoms with Gasteiger partial charge in [-0.1, -0.05) is 46.2 Å². The molecule has 0 aromatic rings. The molecule has 0 saturated carbocycles. The second-order valence-corrected chi connectivity index (χ2v) is 17.1. The highest BCUT2D eigenvalue weighted by Crippen LogP contribution is 2.60. The van der Waals surface area contributed by atoms with E-state index in [0.29, 0.717) is 13.2 Å². The van der Waals surface area contributed by atoms with Crippen LogP contribution in [0.5, 0.6) is 0 Å².